The van der Waals surface area contributed by atoms with Gasteiger partial charge in [-0.15, -0.1) is 0 Å². The fourth-order valence-electron chi connectivity index (χ4n) is 1.03. The van der Waals surface area contributed by atoms with Gasteiger partial charge in [0.2, 0.25) is 0 Å². The summed E-state index contributed by atoms with van der Waals surface area (Å²) in [5, 5.41) is 0. The van der Waals surface area contributed by atoms with Gasteiger partial charge in [-0.25, -0.2) is 0 Å². The van der Waals surface area contributed by atoms with Crippen molar-refractivity contribution < 1.29 is 0 Å². The fourth-order valence-corrected chi connectivity index (χ4v) is 1.20. The van der Waals surface area contributed by atoms with Crippen LogP contribution in [0.15, 0.2) is 23.8 Å². The van der Waals surface area contributed by atoms with Gasteiger partial charge in [-0.2, -0.15) is 0 Å². The first-order valence-electron chi connectivity index (χ1n) is 3.55. The second-order valence-electron chi connectivity index (χ2n) is 2.76. The van der Waals surface area contributed by atoms with E-state index in [1.54, 1.807) is 0 Å². The predicted octanol–water partition coefficient (Wildman–Crippen LogP) is 2.90. The molecule has 0 aromatic heterocycles. The third-order valence-electron chi connectivity index (χ3n) is 1.81. The van der Waals surface area contributed by atoms with Gasteiger partial charge in [0.05, 0.1) is 0 Å². The van der Waals surface area contributed by atoms with Crippen molar-refractivity contribution in [2.75, 3.05) is 0 Å². The average molecular weight is 152 g/mol. The first-order chi connectivity index (χ1) is 4.70. The van der Waals surface area contributed by atoms with E-state index in [9.17, 15) is 0 Å². The van der Waals surface area contributed by atoms with Crippen LogP contribution in [-0.2, 0) is 0 Å². The van der Waals surface area contributed by atoms with Gasteiger partial charge in [-0.3, -0.25) is 0 Å². The highest BCUT2D eigenvalue weighted by Crippen LogP contribution is 2.17. The summed E-state index contributed by atoms with van der Waals surface area (Å²) in [6.07, 6.45) is 7.67. The molecule has 0 amide bonds. The topological polar surface area (TPSA) is 0 Å². The van der Waals surface area contributed by atoms with Crippen molar-refractivity contribution in [1.82, 2.24) is 0 Å². The molecule has 1 aliphatic carbocycles. The van der Waals surface area contributed by atoms with Crippen molar-refractivity contribution in [3.8, 4) is 0 Å². The fraction of sp³-hybridized carbons (Fsp3) is 0.444. The maximum atomic E-state index is 5.07. The Bertz CT molecular complexity index is 199. The molecule has 1 heteroatoms. The van der Waals surface area contributed by atoms with E-state index in [-0.39, 0.29) is 0 Å². The van der Waals surface area contributed by atoms with E-state index < -0.39 is 0 Å². The lowest BCUT2D eigenvalue weighted by molar-refractivity contribution is 0.868. The normalized spacial score (nSPS) is 24.2. The van der Waals surface area contributed by atoms with Crippen molar-refractivity contribution in [2.24, 2.45) is 5.92 Å². The Morgan fingerprint density at radius 3 is 2.80 bits per heavy atom. The van der Waals surface area contributed by atoms with E-state index in [4.69, 9.17) is 12.2 Å². The van der Waals surface area contributed by atoms with Gasteiger partial charge >= 0.3 is 0 Å². The van der Waals surface area contributed by atoms with Crippen molar-refractivity contribution in [3.05, 3.63) is 23.8 Å². The molecule has 0 fully saturated rings. The van der Waals surface area contributed by atoms with Crippen molar-refractivity contribution in [1.29, 1.82) is 0 Å². The van der Waals surface area contributed by atoms with Gasteiger partial charge in [0, 0.05) is 5.92 Å². The van der Waals surface area contributed by atoms with Crippen LogP contribution in [0.3, 0.4) is 0 Å². The van der Waals surface area contributed by atoms with Crippen LogP contribution in [0, 0.1) is 5.92 Å². The maximum absolute atomic E-state index is 5.07. The Kier molecular flexibility index (Phi) is 2.39. The minimum absolute atomic E-state index is 0.513. The Morgan fingerprint density at radius 2 is 2.40 bits per heavy atom. The molecular formula is C9H12S. The van der Waals surface area contributed by atoms with Gasteiger partial charge < -0.3 is 0 Å². The van der Waals surface area contributed by atoms with Crippen LogP contribution in [-0.4, -0.2) is 4.86 Å². The van der Waals surface area contributed by atoms with E-state index in [2.05, 4.69) is 25.2 Å². The van der Waals surface area contributed by atoms with E-state index in [0.717, 1.165) is 11.3 Å². The van der Waals surface area contributed by atoms with Gasteiger partial charge in [0.1, 0.15) is 0 Å². The second kappa shape index (κ2) is 3.11. The summed E-state index contributed by atoms with van der Waals surface area (Å²) < 4.78 is 0. The minimum atomic E-state index is 0.513. The molecule has 54 valence electrons. The molecule has 1 aliphatic rings. The molecule has 0 saturated heterocycles. The highest BCUT2D eigenvalue weighted by atomic mass is 32.1. The van der Waals surface area contributed by atoms with Crippen molar-refractivity contribution in [2.45, 2.75) is 20.3 Å². The second-order valence-corrected chi connectivity index (χ2v) is 3.40. The lowest BCUT2D eigenvalue weighted by atomic mass is 9.95. The Hall–Kier alpha value is -0.430. The largest absolute Gasteiger partial charge is 0.0893 e. The van der Waals surface area contributed by atoms with Crippen LogP contribution < -0.4 is 0 Å². The van der Waals surface area contributed by atoms with E-state index in [0.29, 0.717) is 5.92 Å². The Morgan fingerprint density at radius 1 is 1.70 bits per heavy atom. The molecule has 10 heavy (non-hydrogen) atoms. The molecule has 1 unspecified atom stereocenters. The van der Waals surface area contributed by atoms with Crippen LogP contribution in [0.5, 0.6) is 0 Å². The van der Waals surface area contributed by atoms with Crippen molar-refractivity contribution in [3.63, 3.8) is 0 Å². The number of allylic oxidation sites excluding steroid dienone is 4. The molecular weight excluding hydrogens is 140 g/mol. The SMILES string of the molecule is CC(=S)C1C=CC(C)=CC1. The summed E-state index contributed by atoms with van der Waals surface area (Å²) in [5.74, 6) is 0.513. The minimum Gasteiger partial charge on any atom is -0.0893 e. The highest BCUT2D eigenvalue weighted by Gasteiger charge is 2.07. The maximum Gasteiger partial charge on any atom is 0.0117 e. The molecule has 1 atom stereocenters. The number of thiocarbonyl (C=S) groups is 1. The first-order valence-corrected chi connectivity index (χ1v) is 3.96. The smallest absolute Gasteiger partial charge is 0.0117 e. The molecule has 0 bridgehead atoms. The molecule has 0 N–H and O–H groups in total. The van der Waals surface area contributed by atoms with Gasteiger partial charge in [-0.05, 0) is 25.1 Å². The monoisotopic (exact) mass is 152 g/mol. The van der Waals surface area contributed by atoms with Crippen molar-refractivity contribution >= 4 is 17.1 Å². The molecule has 0 saturated carbocycles. The summed E-state index contributed by atoms with van der Waals surface area (Å²) in [4.78, 5) is 1.10. The van der Waals surface area contributed by atoms with Crippen LogP contribution in [0.25, 0.3) is 0 Å². The number of rotatable bonds is 1. The zero-order valence-corrected chi connectivity index (χ0v) is 7.24. The quantitative estimate of drug-likeness (QED) is 0.521. The summed E-state index contributed by atoms with van der Waals surface area (Å²) >= 11 is 5.07. The molecule has 0 radical (unpaired) electrons. The van der Waals surface area contributed by atoms with E-state index in [1.165, 1.54) is 5.57 Å². The summed E-state index contributed by atoms with van der Waals surface area (Å²) in [5.41, 5.74) is 1.35. The number of hydrogen-bond donors (Lipinski definition) is 0. The zero-order chi connectivity index (χ0) is 7.56. The lowest BCUT2D eigenvalue weighted by Crippen LogP contribution is -2.06. The highest BCUT2D eigenvalue weighted by molar-refractivity contribution is 7.80. The molecule has 0 nitrogen and oxygen atoms in total. The molecule has 0 aliphatic heterocycles. The lowest BCUT2D eigenvalue weighted by Gasteiger charge is -2.12. The molecule has 0 spiro atoms. The third kappa shape index (κ3) is 1.77. The molecule has 0 aromatic carbocycles. The van der Waals surface area contributed by atoms with E-state index >= 15 is 0 Å². The molecule has 1 rings (SSSR count). The van der Waals surface area contributed by atoms with E-state index in [1.807, 2.05) is 6.92 Å². The predicted molar refractivity (Wildman–Crippen MR) is 49.3 cm³/mol. The van der Waals surface area contributed by atoms with Gasteiger partial charge in [-0.1, -0.05) is 36.0 Å². The van der Waals surface area contributed by atoms with Crippen LogP contribution in [0.2, 0.25) is 0 Å². The first kappa shape index (κ1) is 7.67. The van der Waals surface area contributed by atoms with Crippen LogP contribution in [0.4, 0.5) is 0 Å². The standard InChI is InChI=1S/C9H12S/c1-7-3-5-9(6-4-7)8(2)10/h3-5,9H,6H2,1-2H3. The van der Waals surface area contributed by atoms with Crippen LogP contribution >= 0.6 is 12.2 Å². The summed E-state index contributed by atoms with van der Waals surface area (Å²) in [7, 11) is 0. The third-order valence-corrected chi connectivity index (χ3v) is 2.11. The van der Waals surface area contributed by atoms with Crippen LogP contribution in [0.1, 0.15) is 20.3 Å². The Balaban J connectivity index is 2.60. The van der Waals surface area contributed by atoms with Gasteiger partial charge in [0.15, 0.2) is 0 Å². The Labute approximate surface area is 67.6 Å². The average Bonchev–Trinajstić information content (AvgIpc) is 1.88. The molecule has 0 aromatic rings. The summed E-state index contributed by atoms with van der Waals surface area (Å²) in [6, 6.07) is 0. The summed E-state index contributed by atoms with van der Waals surface area (Å²) in [6.45, 7) is 4.13. The molecule has 0 heterocycles. The van der Waals surface area contributed by atoms with Gasteiger partial charge in [0.25, 0.3) is 0 Å². The number of hydrogen-bond acceptors (Lipinski definition) is 1. The zero-order valence-electron chi connectivity index (χ0n) is 6.42.